The molecule has 16 heavy (non-hydrogen) atoms. The highest BCUT2D eigenvalue weighted by Gasteiger charge is 2.41. The molecule has 0 aliphatic carbocycles. The van der Waals surface area contributed by atoms with Crippen molar-refractivity contribution in [3.63, 3.8) is 0 Å². The van der Waals surface area contributed by atoms with Crippen molar-refractivity contribution < 1.29 is 14.4 Å². The molecule has 1 fully saturated rings. The molecule has 86 valence electrons. The van der Waals surface area contributed by atoms with Gasteiger partial charge >= 0.3 is 6.03 Å². The molecular weight excluding hydrogens is 212 g/mol. The van der Waals surface area contributed by atoms with Gasteiger partial charge in [-0.15, -0.1) is 0 Å². The molecule has 0 spiro atoms. The maximum atomic E-state index is 11.5. The van der Waals surface area contributed by atoms with Crippen LogP contribution in [0, 0.1) is 0 Å². The van der Waals surface area contributed by atoms with Crippen LogP contribution in [-0.2, 0) is 9.59 Å². The molecular formula is C9H12N4O3. The Morgan fingerprint density at radius 3 is 2.75 bits per heavy atom. The SMILES string of the molecule is NC(=O)CC1=CC(C(N)=O)N2CC1NC2=O. The molecule has 7 heteroatoms. The van der Waals surface area contributed by atoms with Crippen LogP contribution < -0.4 is 16.8 Å². The average Bonchev–Trinajstić information content (AvgIpc) is 2.48. The zero-order chi connectivity index (χ0) is 11.9. The first kappa shape index (κ1) is 10.5. The molecule has 7 nitrogen and oxygen atoms in total. The lowest BCUT2D eigenvalue weighted by atomic mass is 9.97. The van der Waals surface area contributed by atoms with Gasteiger partial charge < -0.3 is 21.7 Å². The topological polar surface area (TPSA) is 119 Å². The number of urea groups is 1. The van der Waals surface area contributed by atoms with Gasteiger partial charge in [-0.3, -0.25) is 9.59 Å². The third-order valence-electron chi connectivity index (χ3n) is 2.76. The summed E-state index contributed by atoms with van der Waals surface area (Å²) in [5.74, 6) is -1.11. The molecule has 2 unspecified atom stereocenters. The number of carbonyl (C=O) groups is 3. The van der Waals surface area contributed by atoms with Crippen LogP contribution in [0.2, 0.25) is 0 Å². The lowest BCUT2D eigenvalue weighted by molar-refractivity contribution is -0.121. The number of nitrogens with one attached hydrogen (secondary N) is 1. The van der Waals surface area contributed by atoms with Crippen LogP contribution in [-0.4, -0.2) is 41.4 Å². The van der Waals surface area contributed by atoms with Gasteiger partial charge in [-0.2, -0.15) is 0 Å². The van der Waals surface area contributed by atoms with Crippen molar-refractivity contribution in [2.75, 3.05) is 6.54 Å². The van der Waals surface area contributed by atoms with Crippen molar-refractivity contribution in [1.29, 1.82) is 0 Å². The van der Waals surface area contributed by atoms with Crippen LogP contribution in [0.5, 0.6) is 0 Å². The van der Waals surface area contributed by atoms with Gasteiger partial charge in [0.15, 0.2) is 0 Å². The monoisotopic (exact) mass is 224 g/mol. The number of carbonyl (C=O) groups excluding carboxylic acids is 3. The molecule has 0 aromatic carbocycles. The Bertz CT molecular complexity index is 404. The summed E-state index contributed by atoms with van der Waals surface area (Å²) >= 11 is 0. The summed E-state index contributed by atoms with van der Waals surface area (Å²) in [5.41, 5.74) is 10.9. The van der Waals surface area contributed by atoms with Crippen molar-refractivity contribution in [3.8, 4) is 0 Å². The van der Waals surface area contributed by atoms with Crippen molar-refractivity contribution >= 4 is 17.8 Å². The van der Waals surface area contributed by atoms with E-state index in [0.29, 0.717) is 12.1 Å². The van der Waals surface area contributed by atoms with Crippen LogP contribution >= 0.6 is 0 Å². The summed E-state index contributed by atoms with van der Waals surface area (Å²) in [6.07, 6.45) is 1.57. The first-order valence-electron chi connectivity index (χ1n) is 4.84. The van der Waals surface area contributed by atoms with Gasteiger partial charge in [-0.05, 0) is 5.57 Å². The minimum Gasteiger partial charge on any atom is -0.369 e. The number of amides is 4. The molecule has 2 heterocycles. The summed E-state index contributed by atoms with van der Waals surface area (Å²) in [4.78, 5) is 34.8. The molecule has 5 N–H and O–H groups in total. The summed E-state index contributed by atoms with van der Waals surface area (Å²) in [5, 5.41) is 2.66. The molecule has 2 aliphatic heterocycles. The van der Waals surface area contributed by atoms with E-state index in [4.69, 9.17) is 11.5 Å². The first-order valence-corrected chi connectivity index (χ1v) is 4.84. The number of primary amides is 2. The van der Waals surface area contributed by atoms with Crippen LogP contribution in [0.4, 0.5) is 4.79 Å². The lowest BCUT2D eigenvalue weighted by Crippen LogP contribution is -2.46. The molecule has 0 radical (unpaired) electrons. The van der Waals surface area contributed by atoms with E-state index >= 15 is 0 Å². The fraction of sp³-hybridized carbons (Fsp3) is 0.444. The van der Waals surface area contributed by atoms with Crippen LogP contribution in [0.15, 0.2) is 11.6 Å². The third kappa shape index (κ3) is 1.60. The molecule has 4 amide bonds. The summed E-state index contributed by atoms with van der Waals surface area (Å²) < 4.78 is 0. The Hall–Kier alpha value is -2.05. The van der Waals surface area contributed by atoms with Gasteiger partial charge in [-0.25, -0.2) is 4.79 Å². The molecule has 2 atom stereocenters. The summed E-state index contributed by atoms with van der Waals surface area (Å²) in [6, 6.07) is -1.37. The molecule has 2 aliphatic rings. The Labute approximate surface area is 91.4 Å². The number of hydrogen-bond donors (Lipinski definition) is 3. The molecule has 0 aromatic heterocycles. The highest BCUT2D eigenvalue weighted by atomic mass is 16.2. The highest BCUT2D eigenvalue weighted by Crippen LogP contribution is 2.24. The van der Waals surface area contributed by atoms with Gasteiger partial charge in [0.25, 0.3) is 0 Å². The second-order valence-corrected chi connectivity index (χ2v) is 3.89. The Morgan fingerprint density at radius 1 is 1.50 bits per heavy atom. The van der Waals surface area contributed by atoms with Crippen LogP contribution in [0.25, 0.3) is 0 Å². The zero-order valence-electron chi connectivity index (χ0n) is 8.47. The average molecular weight is 224 g/mol. The quantitative estimate of drug-likeness (QED) is 0.483. The van der Waals surface area contributed by atoms with Crippen molar-refractivity contribution in [2.45, 2.75) is 18.5 Å². The fourth-order valence-electron chi connectivity index (χ4n) is 2.03. The van der Waals surface area contributed by atoms with Crippen LogP contribution in [0.1, 0.15) is 6.42 Å². The van der Waals surface area contributed by atoms with Crippen LogP contribution in [0.3, 0.4) is 0 Å². The normalized spacial score (nSPS) is 27.4. The molecule has 1 saturated heterocycles. The van der Waals surface area contributed by atoms with Gasteiger partial charge in [0.05, 0.1) is 6.04 Å². The molecule has 2 bridgehead atoms. The van der Waals surface area contributed by atoms with Gasteiger partial charge in [-0.1, -0.05) is 6.08 Å². The number of nitrogens with zero attached hydrogens (tertiary/aromatic N) is 1. The Kier molecular flexibility index (Phi) is 2.30. The standard InChI is InChI=1S/C9H12N4O3/c10-7(14)2-4-1-6(8(11)15)13-3-5(4)12-9(13)16/h1,5-6H,2-3H2,(H2,10,14)(H2,11,15)(H,12,16). The predicted molar refractivity (Wildman–Crippen MR) is 53.9 cm³/mol. The van der Waals surface area contributed by atoms with Gasteiger partial charge in [0, 0.05) is 13.0 Å². The Balaban J connectivity index is 2.29. The molecule has 0 aromatic rings. The van der Waals surface area contributed by atoms with Gasteiger partial charge in [0.1, 0.15) is 6.04 Å². The number of rotatable bonds is 3. The zero-order valence-corrected chi connectivity index (χ0v) is 8.47. The largest absolute Gasteiger partial charge is 0.369 e. The number of nitrogens with two attached hydrogens (primary N) is 2. The van der Waals surface area contributed by atoms with E-state index < -0.39 is 17.9 Å². The van der Waals surface area contributed by atoms with E-state index in [1.807, 2.05) is 0 Å². The van der Waals surface area contributed by atoms with Gasteiger partial charge in [0.2, 0.25) is 11.8 Å². The molecule has 2 rings (SSSR count). The maximum absolute atomic E-state index is 11.5. The van der Waals surface area contributed by atoms with Crippen molar-refractivity contribution in [1.82, 2.24) is 10.2 Å². The second-order valence-electron chi connectivity index (χ2n) is 3.89. The number of hydrogen-bond acceptors (Lipinski definition) is 3. The second kappa shape index (κ2) is 3.51. The smallest absolute Gasteiger partial charge is 0.318 e. The fourth-order valence-corrected chi connectivity index (χ4v) is 2.03. The minimum atomic E-state index is -0.784. The third-order valence-corrected chi connectivity index (χ3v) is 2.76. The first-order chi connectivity index (χ1) is 7.49. The maximum Gasteiger partial charge on any atom is 0.318 e. The van der Waals surface area contributed by atoms with E-state index in [0.717, 1.165) is 0 Å². The van der Waals surface area contributed by atoms with Crippen molar-refractivity contribution in [2.24, 2.45) is 11.5 Å². The summed E-state index contributed by atoms with van der Waals surface area (Å²) in [6.45, 7) is 0.353. The van der Waals surface area contributed by atoms with Crippen molar-refractivity contribution in [3.05, 3.63) is 11.6 Å². The molecule has 0 saturated carbocycles. The predicted octanol–water partition coefficient (Wildman–Crippen LogP) is -1.95. The highest BCUT2D eigenvalue weighted by molar-refractivity contribution is 5.91. The van der Waals surface area contributed by atoms with E-state index in [1.165, 1.54) is 4.90 Å². The Morgan fingerprint density at radius 2 is 2.19 bits per heavy atom. The van der Waals surface area contributed by atoms with E-state index in [9.17, 15) is 14.4 Å². The van der Waals surface area contributed by atoms with E-state index in [1.54, 1.807) is 6.08 Å². The van der Waals surface area contributed by atoms with E-state index in [2.05, 4.69) is 5.32 Å². The summed E-state index contributed by atoms with van der Waals surface area (Å²) in [7, 11) is 0. The van der Waals surface area contributed by atoms with E-state index in [-0.39, 0.29) is 18.5 Å². The number of fused-ring (bicyclic) bond motifs is 2. The minimum absolute atomic E-state index is 0.0303. The lowest BCUT2D eigenvalue weighted by Gasteiger charge is -2.26.